The van der Waals surface area contributed by atoms with E-state index in [1.54, 1.807) is 14.1 Å². The van der Waals surface area contributed by atoms with Crippen molar-refractivity contribution in [3.63, 3.8) is 0 Å². The molecule has 0 bridgehead atoms. The van der Waals surface area contributed by atoms with Gasteiger partial charge in [-0.3, -0.25) is 4.79 Å². The van der Waals surface area contributed by atoms with Gasteiger partial charge in [0.05, 0.1) is 6.04 Å². The fourth-order valence-corrected chi connectivity index (χ4v) is 1.70. The zero-order valence-electron chi connectivity index (χ0n) is 14.4. The lowest BCUT2D eigenvalue weighted by Gasteiger charge is -2.18. The minimum atomic E-state index is -0.0351. The second-order valence-electron chi connectivity index (χ2n) is 6.04. The first-order valence-electron chi connectivity index (χ1n) is 7.61. The Morgan fingerprint density at radius 1 is 1.32 bits per heavy atom. The molecule has 0 saturated carbocycles. The summed E-state index contributed by atoms with van der Waals surface area (Å²) >= 11 is 0. The number of aryl methyl sites for hydroxylation is 1. The molecule has 0 aliphatic rings. The Labute approximate surface area is 133 Å². The smallest absolute Gasteiger partial charge is 0.243 e. The van der Waals surface area contributed by atoms with Gasteiger partial charge >= 0.3 is 0 Å². The fourth-order valence-electron chi connectivity index (χ4n) is 1.70. The number of likely N-dealkylation sites (N-methyl/N-ethyl adjacent to an activating group) is 1. The maximum absolute atomic E-state index is 11.7. The van der Waals surface area contributed by atoms with E-state index in [9.17, 15) is 4.79 Å². The Kier molecular flexibility index (Phi) is 6.95. The lowest BCUT2D eigenvalue weighted by molar-refractivity contribution is -0.127. The van der Waals surface area contributed by atoms with Crippen molar-refractivity contribution in [1.82, 2.24) is 15.5 Å². The van der Waals surface area contributed by atoms with Crippen LogP contribution in [0.2, 0.25) is 0 Å². The highest BCUT2D eigenvalue weighted by Gasteiger charge is 2.12. The van der Waals surface area contributed by atoms with Crippen LogP contribution >= 0.6 is 0 Å². The molecule has 0 aliphatic carbocycles. The van der Waals surface area contributed by atoms with Gasteiger partial charge in [-0.2, -0.15) is 0 Å². The van der Waals surface area contributed by atoms with Crippen molar-refractivity contribution in [1.29, 1.82) is 0 Å². The van der Waals surface area contributed by atoms with Gasteiger partial charge in [0.1, 0.15) is 18.1 Å². The van der Waals surface area contributed by atoms with E-state index in [4.69, 9.17) is 4.42 Å². The molecule has 0 saturated heterocycles. The first-order chi connectivity index (χ1) is 10.3. The summed E-state index contributed by atoms with van der Waals surface area (Å²) in [5, 5.41) is 6.52. The molecule has 1 aromatic heterocycles. The molecule has 22 heavy (non-hydrogen) atoms. The summed E-state index contributed by atoms with van der Waals surface area (Å²) in [6.07, 6.45) is 0. The summed E-state index contributed by atoms with van der Waals surface area (Å²) in [6.45, 7) is 9.05. The summed E-state index contributed by atoms with van der Waals surface area (Å²) in [6, 6.07) is 3.85. The van der Waals surface area contributed by atoms with Crippen LogP contribution in [0.3, 0.4) is 0 Å². The number of aliphatic imine (C=N–C) groups is 1. The van der Waals surface area contributed by atoms with Gasteiger partial charge in [-0.05, 0) is 31.9 Å². The lowest BCUT2D eigenvalue weighted by Crippen LogP contribution is -2.41. The van der Waals surface area contributed by atoms with Crippen molar-refractivity contribution in [3.8, 4) is 0 Å². The van der Waals surface area contributed by atoms with Crippen LogP contribution < -0.4 is 10.6 Å². The molecular weight excluding hydrogens is 280 g/mol. The Balaban J connectivity index is 2.72. The Bertz CT molecular complexity index is 506. The number of nitrogens with zero attached hydrogens (tertiary/aromatic N) is 2. The van der Waals surface area contributed by atoms with Crippen LogP contribution in [-0.2, 0) is 4.79 Å². The third kappa shape index (κ3) is 6.20. The van der Waals surface area contributed by atoms with Gasteiger partial charge in [-0.1, -0.05) is 13.8 Å². The maximum Gasteiger partial charge on any atom is 0.243 e. The predicted molar refractivity (Wildman–Crippen MR) is 88.8 cm³/mol. The molecular formula is C16H28N4O2. The molecule has 6 nitrogen and oxygen atoms in total. The van der Waals surface area contributed by atoms with E-state index in [1.807, 2.05) is 26.0 Å². The van der Waals surface area contributed by atoms with Gasteiger partial charge in [-0.15, -0.1) is 0 Å². The van der Waals surface area contributed by atoms with Crippen molar-refractivity contribution < 1.29 is 9.21 Å². The predicted octanol–water partition coefficient (Wildman–Crippen LogP) is 1.93. The summed E-state index contributed by atoms with van der Waals surface area (Å²) in [5.74, 6) is 2.78. The van der Waals surface area contributed by atoms with Crippen molar-refractivity contribution in [3.05, 3.63) is 23.7 Å². The second-order valence-corrected chi connectivity index (χ2v) is 6.04. The number of amides is 1. The monoisotopic (exact) mass is 308 g/mol. The molecule has 1 atom stereocenters. The van der Waals surface area contributed by atoms with E-state index in [2.05, 4.69) is 29.5 Å². The Morgan fingerprint density at radius 2 is 2.00 bits per heavy atom. The van der Waals surface area contributed by atoms with Crippen LogP contribution in [0.25, 0.3) is 0 Å². The molecule has 1 unspecified atom stereocenters. The third-order valence-corrected chi connectivity index (χ3v) is 3.09. The zero-order valence-corrected chi connectivity index (χ0v) is 14.4. The standard InChI is InChI=1S/C16H28N4O2/c1-11(2)9-17-16(18-10-15(21)20(5)6)19-13(4)14-8-7-12(3)22-14/h7-8,11,13H,9-10H2,1-6H3,(H2,17,18,19). The molecule has 124 valence electrons. The van der Waals surface area contributed by atoms with Crippen LogP contribution in [0.4, 0.5) is 0 Å². The van der Waals surface area contributed by atoms with Gasteiger partial charge in [0.25, 0.3) is 0 Å². The number of furan rings is 1. The van der Waals surface area contributed by atoms with Crippen LogP contribution in [-0.4, -0.2) is 44.0 Å². The Morgan fingerprint density at radius 3 is 2.50 bits per heavy atom. The lowest BCUT2D eigenvalue weighted by atomic mass is 10.2. The van der Waals surface area contributed by atoms with Crippen LogP contribution in [0.5, 0.6) is 0 Å². The molecule has 0 aromatic carbocycles. The average Bonchev–Trinajstić information content (AvgIpc) is 2.87. The molecule has 6 heteroatoms. The van der Waals surface area contributed by atoms with Crippen molar-refractivity contribution in [2.24, 2.45) is 10.9 Å². The van der Waals surface area contributed by atoms with E-state index in [-0.39, 0.29) is 18.5 Å². The zero-order chi connectivity index (χ0) is 16.7. The molecule has 0 radical (unpaired) electrons. The normalized spacial score (nSPS) is 13.1. The van der Waals surface area contributed by atoms with E-state index >= 15 is 0 Å². The molecule has 1 heterocycles. The molecule has 0 aliphatic heterocycles. The number of nitrogens with one attached hydrogen (secondary N) is 2. The second kappa shape index (κ2) is 8.46. The van der Waals surface area contributed by atoms with E-state index in [0.29, 0.717) is 11.9 Å². The number of carbonyl (C=O) groups is 1. The quantitative estimate of drug-likeness (QED) is 0.622. The topological polar surface area (TPSA) is 69.9 Å². The fraction of sp³-hybridized carbons (Fsp3) is 0.625. The van der Waals surface area contributed by atoms with Crippen LogP contribution in [0.1, 0.15) is 38.3 Å². The largest absolute Gasteiger partial charge is 0.464 e. The van der Waals surface area contributed by atoms with Gasteiger partial charge in [0, 0.05) is 20.6 Å². The van der Waals surface area contributed by atoms with E-state index in [0.717, 1.165) is 18.1 Å². The van der Waals surface area contributed by atoms with Crippen LogP contribution in [0.15, 0.2) is 21.5 Å². The Hall–Kier alpha value is -1.98. The molecule has 0 fully saturated rings. The first-order valence-corrected chi connectivity index (χ1v) is 7.61. The van der Waals surface area contributed by atoms with Crippen molar-refractivity contribution >= 4 is 11.9 Å². The molecule has 1 amide bonds. The van der Waals surface area contributed by atoms with E-state index in [1.165, 1.54) is 4.90 Å². The highest BCUT2D eigenvalue weighted by Crippen LogP contribution is 2.15. The van der Waals surface area contributed by atoms with Gasteiger partial charge in [0.2, 0.25) is 5.91 Å². The van der Waals surface area contributed by atoms with Crippen molar-refractivity contribution in [2.75, 3.05) is 27.2 Å². The average molecular weight is 308 g/mol. The third-order valence-electron chi connectivity index (χ3n) is 3.09. The SMILES string of the molecule is Cc1ccc(C(C)NC(=NCC(=O)N(C)C)NCC(C)C)o1. The van der Waals surface area contributed by atoms with E-state index < -0.39 is 0 Å². The summed E-state index contributed by atoms with van der Waals surface area (Å²) in [7, 11) is 3.45. The highest BCUT2D eigenvalue weighted by atomic mass is 16.3. The summed E-state index contributed by atoms with van der Waals surface area (Å²) in [5.41, 5.74) is 0. The van der Waals surface area contributed by atoms with Crippen LogP contribution in [0, 0.1) is 12.8 Å². The number of rotatable bonds is 6. The molecule has 0 spiro atoms. The molecule has 1 rings (SSSR count). The maximum atomic E-state index is 11.7. The summed E-state index contributed by atoms with van der Waals surface area (Å²) in [4.78, 5) is 17.6. The number of hydrogen-bond donors (Lipinski definition) is 2. The minimum Gasteiger partial charge on any atom is -0.464 e. The molecule has 1 aromatic rings. The van der Waals surface area contributed by atoms with Gasteiger partial charge in [0.15, 0.2) is 5.96 Å². The number of hydrogen-bond acceptors (Lipinski definition) is 3. The highest BCUT2D eigenvalue weighted by molar-refractivity contribution is 5.84. The minimum absolute atomic E-state index is 0.0263. The number of carbonyl (C=O) groups excluding carboxylic acids is 1. The molecule has 2 N–H and O–H groups in total. The van der Waals surface area contributed by atoms with Gasteiger partial charge < -0.3 is 20.0 Å². The van der Waals surface area contributed by atoms with Crippen molar-refractivity contribution in [2.45, 2.75) is 33.7 Å². The number of guanidine groups is 1. The van der Waals surface area contributed by atoms with Gasteiger partial charge in [-0.25, -0.2) is 4.99 Å². The summed E-state index contributed by atoms with van der Waals surface area (Å²) < 4.78 is 5.62. The first kappa shape index (κ1) is 18.1.